The molecule has 0 aliphatic heterocycles. The average Bonchev–Trinajstić information content (AvgIpc) is 2.57. The number of rotatable bonds is 11. The van der Waals surface area contributed by atoms with Gasteiger partial charge in [-0.1, -0.05) is 39.5 Å². The topological polar surface area (TPSA) is 35.5 Å². The predicted octanol–water partition coefficient (Wildman–Crippen LogP) is 5.55. The normalized spacial score (nSPS) is 20.2. The highest BCUT2D eigenvalue weighted by molar-refractivity contribution is 5.72. The van der Waals surface area contributed by atoms with Crippen LogP contribution in [0, 0.1) is 29.3 Å². The lowest BCUT2D eigenvalue weighted by Crippen LogP contribution is -2.37. The standard InChI is InChI=1S/C21H29F3O3/c1-3-4-5-6-7-14(2)21(25)27-17-8-15(9-17)12-26-13-18-19(23)10-16(22)11-20(18)24/h10-11,14-15,17H,3-9,12-13H2,1-2H3. The van der Waals surface area contributed by atoms with Crippen LogP contribution in [0.1, 0.15) is 64.4 Å². The highest BCUT2D eigenvalue weighted by Crippen LogP contribution is 2.31. The Labute approximate surface area is 159 Å². The first kappa shape index (κ1) is 21.7. The van der Waals surface area contributed by atoms with Gasteiger partial charge in [0.25, 0.3) is 0 Å². The first-order valence-electron chi connectivity index (χ1n) is 9.82. The van der Waals surface area contributed by atoms with Crippen molar-refractivity contribution in [2.45, 2.75) is 71.5 Å². The van der Waals surface area contributed by atoms with E-state index in [1.165, 1.54) is 12.8 Å². The molecule has 1 saturated carbocycles. The lowest BCUT2D eigenvalue weighted by atomic mass is 9.83. The molecule has 0 aromatic heterocycles. The predicted molar refractivity (Wildman–Crippen MR) is 96.5 cm³/mol. The minimum Gasteiger partial charge on any atom is -0.462 e. The van der Waals surface area contributed by atoms with Gasteiger partial charge in [-0.15, -0.1) is 0 Å². The van der Waals surface area contributed by atoms with Crippen LogP contribution in [0.25, 0.3) is 0 Å². The van der Waals surface area contributed by atoms with Crippen molar-refractivity contribution < 1.29 is 27.4 Å². The van der Waals surface area contributed by atoms with Crippen molar-refractivity contribution in [1.29, 1.82) is 0 Å². The largest absolute Gasteiger partial charge is 0.462 e. The van der Waals surface area contributed by atoms with Gasteiger partial charge in [-0.2, -0.15) is 0 Å². The molecule has 1 atom stereocenters. The molecule has 1 fully saturated rings. The van der Waals surface area contributed by atoms with Crippen molar-refractivity contribution in [3.63, 3.8) is 0 Å². The van der Waals surface area contributed by atoms with Crippen LogP contribution in [-0.2, 0) is 20.9 Å². The average molecular weight is 386 g/mol. The molecule has 0 spiro atoms. The summed E-state index contributed by atoms with van der Waals surface area (Å²) in [6.07, 6.45) is 6.71. The smallest absolute Gasteiger partial charge is 0.308 e. The fraction of sp³-hybridized carbons (Fsp3) is 0.667. The summed E-state index contributed by atoms with van der Waals surface area (Å²) in [5.74, 6) is -2.86. The second-order valence-corrected chi connectivity index (χ2v) is 7.51. The maximum Gasteiger partial charge on any atom is 0.308 e. The molecule has 1 aromatic carbocycles. The first-order valence-corrected chi connectivity index (χ1v) is 9.82. The minimum atomic E-state index is -0.947. The van der Waals surface area contributed by atoms with Gasteiger partial charge in [-0.3, -0.25) is 4.79 Å². The van der Waals surface area contributed by atoms with E-state index in [-0.39, 0.29) is 36.1 Å². The highest BCUT2D eigenvalue weighted by atomic mass is 19.1. The molecule has 27 heavy (non-hydrogen) atoms. The molecule has 1 aliphatic rings. The monoisotopic (exact) mass is 386 g/mol. The van der Waals surface area contributed by atoms with Crippen LogP contribution < -0.4 is 0 Å². The molecule has 1 aliphatic carbocycles. The second-order valence-electron chi connectivity index (χ2n) is 7.51. The third-order valence-corrected chi connectivity index (χ3v) is 5.07. The Bertz CT molecular complexity index is 592. The zero-order valence-corrected chi connectivity index (χ0v) is 16.1. The number of halogens is 3. The summed E-state index contributed by atoms with van der Waals surface area (Å²) in [6.45, 7) is 4.14. The van der Waals surface area contributed by atoms with Gasteiger partial charge in [0.2, 0.25) is 0 Å². The van der Waals surface area contributed by atoms with E-state index in [1.807, 2.05) is 6.92 Å². The van der Waals surface area contributed by atoms with Gasteiger partial charge in [0.1, 0.15) is 23.6 Å². The van der Waals surface area contributed by atoms with Crippen molar-refractivity contribution in [2.24, 2.45) is 11.8 Å². The molecule has 0 N–H and O–H groups in total. The molecule has 0 bridgehead atoms. The quantitative estimate of drug-likeness (QED) is 0.370. The lowest BCUT2D eigenvalue weighted by Gasteiger charge is -2.35. The Morgan fingerprint density at radius 2 is 1.81 bits per heavy atom. The van der Waals surface area contributed by atoms with E-state index in [0.29, 0.717) is 31.6 Å². The summed E-state index contributed by atoms with van der Waals surface area (Å²) in [5.41, 5.74) is -0.268. The van der Waals surface area contributed by atoms with Crippen LogP contribution in [0.5, 0.6) is 0 Å². The van der Waals surface area contributed by atoms with Crippen molar-refractivity contribution in [1.82, 2.24) is 0 Å². The van der Waals surface area contributed by atoms with Crippen LogP contribution in [0.4, 0.5) is 13.2 Å². The van der Waals surface area contributed by atoms with E-state index in [2.05, 4.69) is 6.92 Å². The van der Waals surface area contributed by atoms with Crippen LogP contribution in [-0.4, -0.2) is 18.7 Å². The SMILES string of the molecule is CCCCCCC(C)C(=O)OC1CC(COCc2c(F)cc(F)cc2F)C1. The fourth-order valence-corrected chi connectivity index (χ4v) is 3.22. The van der Waals surface area contributed by atoms with Gasteiger partial charge in [-0.25, -0.2) is 13.2 Å². The van der Waals surface area contributed by atoms with E-state index in [1.54, 1.807) is 0 Å². The maximum atomic E-state index is 13.5. The third kappa shape index (κ3) is 6.83. The number of ether oxygens (including phenoxy) is 2. The second kappa shape index (κ2) is 10.7. The Hall–Kier alpha value is -1.56. The molecule has 0 heterocycles. The van der Waals surface area contributed by atoms with E-state index < -0.39 is 17.5 Å². The Kier molecular flexibility index (Phi) is 8.61. The summed E-state index contributed by atoms with van der Waals surface area (Å²) in [6, 6.07) is 1.29. The van der Waals surface area contributed by atoms with E-state index in [0.717, 1.165) is 19.3 Å². The number of hydrogen-bond donors (Lipinski definition) is 0. The fourth-order valence-electron chi connectivity index (χ4n) is 3.22. The number of benzene rings is 1. The summed E-state index contributed by atoms with van der Waals surface area (Å²) in [7, 11) is 0. The van der Waals surface area contributed by atoms with Gasteiger partial charge < -0.3 is 9.47 Å². The van der Waals surface area contributed by atoms with Crippen molar-refractivity contribution in [3.05, 3.63) is 35.1 Å². The zero-order chi connectivity index (χ0) is 19.8. The first-order chi connectivity index (χ1) is 12.9. The van der Waals surface area contributed by atoms with Crippen LogP contribution in [0.2, 0.25) is 0 Å². The Balaban J connectivity index is 1.61. The van der Waals surface area contributed by atoms with Gasteiger partial charge in [-0.05, 0) is 25.2 Å². The summed E-state index contributed by atoms with van der Waals surface area (Å²) in [5, 5.41) is 0. The van der Waals surface area contributed by atoms with Gasteiger partial charge in [0, 0.05) is 17.7 Å². The van der Waals surface area contributed by atoms with Gasteiger partial charge >= 0.3 is 5.97 Å². The maximum absolute atomic E-state index is 13.5. The molecule has 1 aromatic rings. The van der Waals surface area contributed by atoms with Gasteiger partial charge in [0.05, 0.1) is 19.1 Å². The molecular weight excluding hydrogens is 357 g/mol. The van der Waals surface area contributed by atoms with Crippen LogP contribution >= 0.6 is 0 Å². The summed E-state index contributed by atoms with van der Waals surface area (Å²) >= 11 is 0. The van der Waals surface area contributed by atoms with E-state index >= 15 is 0 Å². The zero-order valence-electron chi connectivity index (χ0n) is 16.1. The van der Waals surface area contributed by atoms with Crippen molar-refractivity contribution in [2.75, 3.05) is 6.61 Å². The molecule has 6 heteroatoms. The highest BCUT2D eigenvalue weighted by Gasteiger charge is 2.33. The molecule has 2 rings (SSSR count). The number of carbonyl (C=O) groups excluding carboxylic acids is 1. The van der Waals surface area contributed by atoms with Crippen molar-refractivity contribution in [3.8, 4) is 0 Å². The molecule has 3 nitrogen and oxygen atoms in total. The summed E-state index contributed by atoms with van der Waals surface area (Å²) < 4.78 is 50.8. The van der Waals surface area contributed by atoms with E-state index in [4.69, 9.17) is 9.47 Å². The molecule has 0 radical (unpaired) electrons. The molecule has 0 saturated heterocycles. The Morgan fingerprint density at radius 3 is 2.44 bits per heavy atom. The van der Waals surface area contributed by atoms with E-state index in [9.17, 15) is 18.0 Å². The molecule has 0 amide bonds. The van der Waals surface area contributed by atoms with Crippen molar-refractivity contribution >= 4 is 5.97 Å². The number of hydrogen-bond acceptors (Lipinski definition) is 3. The van der Waals surface area contributed by atoms with Crippen LogP contribution in [0.15, 0.2) is 12.1 Å². The number of carbonyl (C=O) groups is 1. The molecular formula is C21H29F3O3. The minimum absolute atomic E-state index is 0.0819. The lowest BCUT2D eigenvalue weighted by molar-refractivity contribution is -0.162. The molecule has 1 unspecified atom stereocenters. The summed E-state index contributed by atoms with van der Waals surface area (Å²) in [4.78, 5) is 12.1. The van der Waals surface area contributed by atoms with Gasteiger partial charge in [0.15, 0.2) is 0 Å². The Morgan fingerprint density at radius 1 is 1.15 bits per heavy atom. The number of esters is 1. The third-order valence-electron chi connectivity index (χ3n) is 5.07. The van der Waals surface area contributed by atoms with Crippen LogP contribution in [0.3, 0.4) is 0 Å². The molecule has 152 valence electrons. The number of unbranched alkanes of at least 4 members (excludes halogenated alkanes) is 3.